The number of rotatable bonds is 3. The van der Waals surface area contributed by atoms with Crippen LogP contribution in [0, 0.1) is 6.92 Å². The normalized spacial score (nSPS) is 17.2. The molecule has 0 unspecified atom stereocenters. The lowest BCUT2D eigenvalue weighted by atomic mass is 9.98. The Kier molecular flexibility index (Phi) is 3.18. The van der Waals surface area contributed by atoms with E-state index in [1.807, 2.05) is 43.3 Å². The van der Waals surface area contributed by atoms with Gasteiger partial charge in [0.05, 0.1) is 12.7 Å². The van der Waals surface area contributed by atoms with Gasteiger partial charge in [-0.05, 0) is 18.1 Å². The standard InChI is InChI=1S/C17H16O2/c1-12-6-8-13(9-7-12)16(18)10-17-15-5-3-2-4-14(15)11-19-17/h2-9,17H,10-11H2,1H3/t17-/m1/s1. The zero-order valence-electron chi connectivity index (χ0n) is 10.9. The van der Waals surface area contributed by atoms with Crippen LogP contribution < -0.4 is 0 Å². The first kappa shape index (κ1) is 12.1. The first-order valence-electron chi connectivity index (χ1n) is 6.53. The molecule has 2 nitrogen and oxygen atoms in total. The Morgan fingerprint density at radius 1 is 1.16 bits per heavy atom. The highest BCUT2D eigenvalue weighted by atomic mass is 16.5. The molecule has 0 amide bonds. The highest BCUT2D eigenvalue weighted by Gasteiger charge is 2.25. The molecule has 3 rings (SSSR count). The molecular formula is C17H16O2. The van der Waals surface area contributed by atoms with Crippen LogP contribution in [0.3, 0.4) is 0 Å². The molecule has 0 aromatic heterocycles. The SMILES string of the molecule is Cc1ccc(C(=O)C[C@H]2OCc3ccccc32)cc1. The fourth-order valence-corrected chi connectivity index (χ4v) is 2.45. The Hall–Kier alpha value is -1.93. The lowest BCUT2D eigenvalue weighted by molar-refractivity contribution is 0.0536. The molecular weight excluding hydrogens is 236 g/mol. The first-order chi connectivity index (χ1) is 9.24. The van der Waals surface area contributed by atoms with Crippen LogP contribution in [0.15, 0.2) is 48.5 Å². The number of hydrogen-bond donors (Lipinski definition) is 0. The van der Waals surface area contributed by atoms with Gasteiger partial charge in [0.1, 0.15) is 0 Å². The van der Waals surface area contributed by atoms with E-state index < -0.39 is 0 Å². The second-order valence-corrected chi connectivity index (χ2v) is 4.99. The molecule has 2 aromatic carbocycles. The Bertz CT molecular complexity index is 599. The van der Waals surface area contributed by atoms with Crippen LogP contribution in [0.2, 0.25) is 0 Å². The van der Waals surface area contributed by atoms with Crippen molar-refractivity contribution in [2.45, 2.75) is 26.1 Å². The van der Waals surface area contributed by atoms with E-state index in [0.717, 1.165) is 11.1 Å². The minimum absolute atomic E-state index is 0.0926. The van der Waals surface area contributed by atoms with Crippen molar-refractivity contribution in [3.63, 3.8) is 0 Å². The van der Waals surface area contributed by atoms with Gasteiger partial charge in [-0.15, -0.1) is 0 Å². The number of carbonyl (C=O) groups excluding carboxylic acids is 1. The zero-order valence-corrected chi connectivity index (χ0v) is 10.9. The molecule has 1 atom stereocenters. The molecule has 0 saturated carbocycles. The van der Waals surface area contributed by atoms with Crippen LogP contribution in [-0.4, -0.2) is 5.78 Å². The monoisotopic (exact) mass is 252 g/mol. The van der Waals surface area contributed by atoms with Crippen molar-refractivity contribution < 1.29 is 9.53 Å². The van der Waals surface area contributed by atoms with Gasteiger partial charge < -0.3 is 4.74 Å². The topological polar surface area (TPSA) is 26.3 Å². The number of Topliss-reactive ketones (excluding diaryl/α,β-unsaturated/α-hetero) is 1. The van der Waals surface area contributed by atoms with Crippen LogP contribution in [0.1, 0.15) is 39.6 Å². The largest absolute Gasteiger partial charge is 0.368 e. The Balaban J connectivity index is 1.76. The molecule has 1 aliphatic rings. The third-order valence-electron chi connectivity index (χ3n) is 3.59. The maximum absolute atomic E-state index is 12.2. The minimum atomic E-state index is -0.0926. The van der Waals surface area contributed by atoms with Gasteiger partial charge in [-0.25, -0.2) is 0 Å². The van der Waals surface area contributed by atoms with Crippen molar-refractivity contribution in [3.8, 4) is 0 Å². The molecule has 0 N–H and O–H groups in total. The number of hydrogen-bond acceptors (Lipinski definition) is 2. The van der Waals surface area contributed by atoms with Gasteiger partial charge in [0, 0.05) is 12.0 Å². The third-order valence-corrected chi connectivity index (χ3v) is 3.59. The summed E-state index contributed by atoms with van der Waals surface area (Å²) in [5, 5.41) is 0. The molecule has 2 aromatic rings. The number of carbonyl (C=O) groups is 1. The third kappa shape index (κ3) is 2.45. The molecule has 96 valence electrons. The number of aryl methyl sites for hydroxylation is 1. The summed E-state index contributed by atoms with van der Waals surface area (Å²) in [6.45, 7) is 2.63. The van der Waals surface area contributed by atoms with E-state index in [-0.39, 0.29) is 11.9 Å². The van der Waals surface area contributed by atoms with Crippen LogP contribution in [-0.2, 0) is 11.3 Å². The molecule has 0 bridgehead atoms. The average Bonchev–Trinajstić information content (AvgIpc) is 2.83. The van der Waals surface area contributed by atoms with E-state index in [4.69, 9.17) is 4.74 Å². The molecule has 19 heavy (non-hydrogen) atoms. The van der Waals surface area contributed by atoms with Crippen LogP contribution in [0.4, 0.5) is 0 Å². The van der Waals surface area contributed by atoms with Crippen molar-refractivity contribution in [1.82, 2.24) is 0 Å². The maximum Gasteiger partial charge on any atom is 0.165 e. The van der Waals surface area contributed by atoms with E-state index in [1.165, 1.54) is 11.1 Å². The molecule has 0 fully saturated rings. The lowest BCUT2D eigenvalue weighted by Crippen LogP contribution is -2.06. The predicted octanol–water partition coefficient (Wildman–Crippen LogP) is 3.84. The molecule has 0 aliphatic carbocycles. The van der Waals surface area contributed by atoms with E-state index >= 15 is 0 Å². The van der Waals surface area contributed by atoms with Crippen LogP contribution in [0.5, 0.6) is 0 Å². The van der Waals surface area contributed by atoms with Crippen molar-refractivity contribution in [2.24, 2.45) is 0 Å². The Labute approximate surface area is 113 Å². The molecule has 0 saturated heterocycles. The van der Waals surface area contributed by atoms with Crippen LogP contribution in [0.25, 0.3) is 0 Å². The van der Waals surface area contributed by atoms with Gasteiger partial charge in [0.2, 0.25) is 0 Å². The summed E-state index contributed by atoms with van der Waals surface area (Å²) in [5.41, 5.74) is 4.28. The predicted molar refractivity (Wildman–Crippen MR) is 74.1 cm³/mol. The summed E-state index contributed by atoms with van der Waals surface area (Å²) < 4.78 is 5.72. The van der Waals surface area contributed by atoms with Gasteiger partial charge in [0.25, 0.3) is 0 Å². The summed E-state index contributed by atoms with van der Waals surface area (Å²) in [4.78, 5) is 12.2. The molecule has 1 heterocycles. The molecule has 0 radical (unpaired) electrons. The van der Waals surface area contributed by atoms with Crippen molar-refractivity contribution in [2.75, 3.05) is 0 Å². The van der Waals surface area contributed by atoms with Gasteiger partial charge >= 0.3 is 0 Å². The van der Waals surface area contributed by atoms with E-state index in [1.54, 1.807) is 0 Å². The Morgan fingerprint density at radius 3 is 2.68 bits per heavy atom. The van der Waals surface area contributed by atoms with E-state index in [0.29, 0.717) is 13.0 Å². The molecule has 1 aliphatic heterocycles. The van der Waals surface area contributed by atoms with Gasteiger partial charge in [0.15, 0.2) is 5.78 Å². The van der Waals surface area contributed by atoms with Gasteiger partial charge in [-0.2, -0.15) is 0 Å². The number of ether oxygens (including phenoxy) is 1. The van der Waals surface area contributed by atoms with Gasteiger partial charge in [-0.3, -0.25) is 4.79 Å². The summed E-state index contributed by atoms with van der Waals surface area (Å²) in [6, 6.07) is 15.8. The smallest absolute Gasteiger partial charge is 0.165 e. The van der Waals surface area contributed by atoms with Crippen LogP contribution >= 0.6 is 0 Å². The lowest BCUT2D eigenvalue weighted by Gasteiger charge is -2.10. The van der Waals surface area contributed by atoms with Gasteiger partial charge in [-0.1, -0.05) is 54.1 Å². The van der Waals surface area contributed by atoms with E-state index in [2.05, 4.69) is 12.1 Å². The highest BCUT2D eigenvalue weighted by Crippen LogP contribution is 2.33. The molecule has 0 spiro atoms. The average molecular weight is 252 g/mol. The maximum atomic E-state index is 12.2. The second-order valence-electron chi connectivity index (χ2n) is 4.99. The first-order valence-corrected chi connectivity index (χ1v) is 6.53. The van der Waals surface area contributed by atoms with E-state index in [9.17, 15) is 4.79 Å². The van der Waals surface area contributed by atoms with Crippen molar-refractivity contribution in [1.29, 1.82) is 0 Å². The van der Waals surface area contributed by atoms with Crippen molar-refractivity contribution >= 4 is 5.78 Å². The minimum Gasteiger partial charge on any atom is -0.368 e. The fourth-order valence-electron chi connectivity index (χ4n) is 2.45. The summed E-state index contributed by atoms with van der Waals surface area (Å²) >= 11 is 0. The summed E-state index contributed by atoms with van der Waals surface area (Å²) in [6.07, 6.45) is 0.324. The zero-order chi connectivity index (χ0) is 13.2. The highest BCUT2D eigenvalue weighted by molar-refractivity contribution is 5.96. The second kappa shape index (κ2) is 4.98. The fraction of sp³-hybridized carbons (Fsp3) is 0.235. The molecule has 2 heteroatoms. The van der Waals surface area contributed by atoms with Crippen molar-refractivity contribution in [3.05, 3.63) is 70.8 Å². The summed E-state index contributed by atoms with van der Waals surface area (Å²) in [7, 11) is 0. The number of benzene rings is 2. The summed E-state index contributed by atoms with van der Waals surface area (Å²) in [5.74, 6) is 0.140. The quantitative estimate of drug-likeness (QED) is 0.776. The number of ketones is 1. The Morgan fingerprint density at radius 2 is 1.89 bits per heavy atom. The number of fused-ring (bicyclic) bond motifs is 1.